The molecule has 0 radical (unpaired) electrons. The highest BCUT2D eigenvalue weighted by molar-refractivity contribution is 6.70. The predicted molar refractivity (Wildman–Crippen MR) is 135 cm³/mol. The third kappa shape index (κ3) is 5.05. The molecule has 1 aliphatic heterocycles. The number of amides is 3. The Labute approximate surface area is 218 Å². The smallest absolute Gasteiger partial charge is 0.274 e. The molecule has 2 saturated carbocycles. The predicted octanol–water partition coefficient (Wildman–Crippen LogP) is 6.11. The van der Waals surface area contributed by atoms with Gasteiger partial charge in [0, 0.05) is 19.1 Å². The van der Waals surface area contributed by atoms with Crippen molar-refractivity contribution in [2.45, 2.75) is 78.8 Å². The first-order valence-electron chi connectivity index (χ1n) is 11.5. The summed E-state index contributed by atoms with van der Waals surface area (Å²) in [5, 5.41) is -1.11. The van der Waals surface area contributed by atoms with Crippen LogP contribution in [0.4, 0.5) is 14.9 Å². The molecule has 1 aromatic carbocycles. The Balaban J connectivity index is 1.84. The number of rotatable bonds is 6. The highest BCUT2D eigenvalue weighted by Gasteiger charge is 2.48. The summed E-state index contributed by atoms with van der Waals surface area (Å²) < 4.78 is 12.8. The monoisotopic (exact) mass is 550 g/mol. The van der Waals surface area contributed by atoms with Crippen LogP contribution in [0.3, 0.4) is 0 Å². The van der Waals surface area contributed by atoms with Crippen LogP contribution in [0.15, 0.2) is 29.3 Å². The number of imide groups is 1. The summed E-state index contributed by atoms with van der Waals surface area (Å²) in [4.78, 5) is 34.9. The summed E-state index contributed by atoms with van der Waals surface area (Å²) in [6.45, 7) is 0. The van der Waals surface area contributed by atoms with Crippen molar-refractivity contribution in [3.8, 4) is 0 Å². The molecule has 186 valence electrons. The number of urea groups is 1. The molecule has 3 fully saturated rings. The van der Waals surface area contributed by atoms with Crippen molar-refractivity contribution in [2.75, 3.05) is 11.9 Å². The zero-order valence-corrected chi connectivity index (χ0v) is 21.8. The Morgan fingerprint density at radius 2 is 1.56 bits per heavy atom. The number of nitrogens with zero attached hydrogens (tertiary/aromatic N) is 4. The van der Waals surface area contributed by atoms with Gasteiger partial charge in [-0.05, 0) is 37.8 Å². The van der Waals surface area contributed by atoms with E-state index in [1.807, 2.05) is 0 Å². The van der Waals surface area contributed by atoms with Crippen molar-refractivity contribution in [1.82, 2.24) is 9.80 Å². The van der Waals surface area contributed by atoms with Gasteiger partial charge in [0.05, 0.1) is 5.69 Å². The number of benzene rings is 1. The maximum atomic E-state index is 14.7. The van der Waals surface area contributed by atoms with Crippen molar-refractivity contribution in [2.24, 2.45) is 4.99 Å². The zero-order valence-electron chi connectivity index (χ0n) is 18.8. The maximum Gasteiger partial charge on any atom is 0.337 e. The molecule has 2 atom stereocenters. The zero-order chi connectivity index (χ0) is 24.6. The van der Waals surface area contributed by atoms with Crippen molar-refractivity contribution in [3.63, 3.8) is 0 Å². The van der Waals surface area contributed by atoms with E-state index in [0.29, 0.717) is 0 Å². The average Bonchev–Trinajstić information content (AvgIpc) is 3.54. The van der Waals surface area contributed by atoms with Gasteiger partial charge in [0.1, 0.15) is 17.4 Å². The number of aliphatic imine (C=N–C) groups is 1. The average molecular weight is 552 g/mol. The Bertz CT molecular complexity index is 945. The third-order valence-corrected chi connectivity index (χ3v) is 8.50. The minimum Gasteiger partial charge on any atom is -0.274 e. The van der Waals surface area contributed by atoms with Crippen LogP contribution in [0.1, 0.15) is 51.4 Å². The van der Waals surface area contributed by atoms with Gasteiger partial charge in [0.25, 0.3) is 5.91 Å². The van der Waals surface area contributed by atoms with Gasteiger partial charge in [0.2, 0.25) is 9.63 Å². The lowest BCUT2D eigenvalue weighted by atomic mass is 10.1. The number of hydrogen-bond donors (Lipinski definition) is 0. The minimum atomic E-state index is -1.88. The molecule has 1 heterocycles. The number of para-hydroxylation sites is 1. The molecule has 3 aliphatic rings. The van der Waals surface area contributed by atoms with Crippen LogP contribution < -0.4 is 4.90 Å². The van der Waals surface area contributed by atoms with E-state index in [-0.39, 0.29) is 23.6 Å². The van der Waals surface area contributed by atoms with Gasteiger partial charge in [-0.2, -0.15) is 0 Å². The van der Waals surface area contributed by atoms with E-state index in [4.69, 9.17) is 51.4 Å². The van der Waals surface area contributed by atoms with E-state index in [2.05, 4.69) is 4.90 Å². The Morgan fingerprint density at radius 1 is 1.03 bits per heavy atom. The van der Waals surface area contributed by atoms with Crippen LogP contribution in [0.25, 0.3) is 0 Å². The Kier molecular flexibility index (Phi) is 7.99. The molecule has 3 amide bonds. The molecule has 0 spiro atoms. The van der Waals surface area contributed by atoms with E-state index in [1.165, 1.54) is 25.2 Å². The number of amidine groups is 1. The topological polar surface area (TPSA) is 56.2 Å². The fraction of sp³-hybridized carbons (Fsp3) is 0.609. The highest BCUT2D eigenvalue weighted by Crippen LogP contribution is 2.42. The molecular formula is C23H27Cl4FN4O2. The Morgan fingerprint density at radius 3 is 2.06 bits per heavy atom. The van der Waals surface area contributed by atoms with E-state index >= 15 is 0 Å². The van der Waals surface area contributed by atoms with Gasteiger partial charge in [-0.25, -0.2) is 19.1 Å². The summed E-state index contributed by atoms with van der Waals surface area (Å²) in [7, 11) is 1.33. The molecule has 34 heavy (non-hydrogen) atoms. The molecule has 0 aromatic heterocycles. The molecule has 2 aliphatic carbocycles. The van der Waals surface area contributed by atoms with Crippen LogP contribution in [0, 0.1) is 5.82 Å². The van der Waals surface area contributed by atoms with Gasteiger partial charge < -0.3 is 0 Å². The van der Waals surface area contributed by atoms with Crippen LogP contribution in [-0.4, -0.2) is 62.0 Å². The first-order chi connectivity index (χ1) is 16.1. The highest BCUT2D eigenvalue weighted by atomic mass is 35.6. The quantitative estimate of drug-likeness (QED) is 0.316. The largest absolute Gasteiger partial charge is 0.337 e. The summed E-state index contributed by atoms with van der Waals surface area (Å²) in [6.07, 6.45) is 7.18. The van der Waals surface area contributed by atoms with Gasteiger partial charge in [0.15, 0.2) is 0 Å². The number of likely N-dealkylation sites (N-methyl/N-ethyl adjacent to an activating group) is 1. The van der Waals surface area contributed by atoms with Gasteiger partial charge in [-0.1, -0.05) is 72.6 Å². The second-order valence-electron chi connectivity index (χ2n) is 9.07. The molecule has 11 heteroatoms. The summed E-state index contributed by atoms with van der Waals surface area (Å²) in [5.74, 6) is -1.55. The molecule has 1 saturated heterocycles. The van der Waals surface area contributed by atoms with Crippen LogP contribution >= 0.6 is 46.4 Å². The lowest BCUT2D eigenvalue weighted by Gasteiger charge is -2.42. The number of hydrogen-bond acceptors (Lipinski definition) is 4. The van der Waals surface area contributed by atoms with Gasteiger partial charge in [-0.3, -0.25) is 14.6 Å². The van der Waals surface area contributed by atoms with Crippen molar-refractivity contribution in [1.29, 1.82) is 0 Å². The third-order valence-electron chi connectivity index (χ3n) is 6.91. The first kappa shape index (κ1) is 26.0. The number of halogens is 5. The number of carbonyl (C=O) groups is 2. The number of alkyl halides is 4. The number of anilines is 1. The van der Waals surface area contributed by atoms with Gasteiger partial charge in [-0.15, -0.1) is 11.6 Å². The van der Waals surface area contributed by atoms with Crippen LogP contribution in [-0.2, 0) is 4.79 Å². The molecule has 2 unspecified atom stereocenters. The lowest BCUT2D eigenvalue weighted by molar-refractivity contribution is -0.119. The molecule has 0 N–H and O–H groups in total. The second-order valence-corrected chi connectivity index (χ2v) is 11.9. The van der Waals surface area contributed by atoms with Crippen LogP contribution in [0.2, 0.25) is 0 Å². The molecule has 0 bridgehead atoms. The maximum absolute atomic E-state index is 14.7. The lowest BCUT2D eigenvalue weighted by Crippen LogP contribution is -2.54. The van der Waals surface area contributed by atoms with Crippen molar-refractivity contribution < 1.29 is 14.0 Å². The van der Waals surface area contributed by atoms with Crippen molar-refractivity contribution >= 4 is 69.9 Å². The fourth-order valence-electron chi connectivity index (χ4n) is 5.25. The summed E-state index contributed by atoms with van der Waals surface area (Å²) in [6, 6.07) is 5.35. The van der Waals surface area contributed by atoms with Crippen molar-refractivity contribution in [3.05, 3.63) is 30.1 Å². The molecule has 1 aromatic rings. The summed E-state index contributed by atoms with van der Waals surface area (Å²) in [5.41, 5.74) is -0.0732. The van der Waals surface area contributed by atoms with E-state index in [1.54, 1.807) is 6.07 Å². The Hall–Kier alpha value is -1.12. The molecule has 6 nitrogen and oxygen atoms in total. The molecular weight excluding hydrogens is 525 g/mol. The SMILES string of the molecule is CN1C(=O)C(=NC(C(Cl)C(Cl)(Cl)Cl)N(C2CCCC2)C2CCCC2)N(c2ccccc2F)C1=O. The first-order valence-corrected chi connectivity index (χ1v) is 13.1. The normalized spacial score (nSPS) is 23.7. The second kappa shape index (κ2) is 10.5. The van der Waals surface area contributed by atoms with Crippen LogP contribution in [0.5, 0.6) is 0 Å². The van der Waals surface area contributed by atoms with E-state index < -0.39 is 33.1 Å². The number of carbonyl (C=O) groups excluding carboxylic acids is 2. The fourth-order valence-corrected chi connectivity index (χ4v) is 5.77. The van der Waals surface area contributed by atoms with Gasteiger partial charge >= 0.3 is 6.03 Å². The molecule has 4 rings (SSSR count). The summed E-state index contributed by atoms with van der Waals surface area (Å²) >= 11 is 25.5. The minimum absolute atomic E-state index is 0.0732. The standard InChI is InChI=1S/C23H27Cl4FN4O2/c1-30-21(33)20(32(22(30)34)17-13-7-6-12-16(17)28)29-19(18(24)23(25,26)27)31(14-8-2-3-9-14)15-10-4-5-11-15/h6-7,12-15,18-19H,2-5,8-11H2,1H3. The van der Waals surface area contributed by atoms with E-state index in [0.717, 1.165) is 61.2 Å². The van der Waals surface area contributed by atoms with E-state index in [9.17, 15) is 14.0 Å².